The molecule has 1 amide bonds. The van der Waals surface area contributed by atoms with Gasteiger partial charge < -0.3 is 5.32 Å². The van der Waals surface area contributed by atoms with Gasteiger partial charge in [0.2, 0.25) is 5.91 Å². The quantitative estimate of drug-likeness (QED) is 0.513. The lowest BCUT2D eigenvalue weighted by atomic mass is 10.1. The molecular formula is C23H17ClFN3OS. The fourth-order valence-electron chi connectivity index (χ4n) is 2.96. The summed E-state index contributed by atoms with van der Waals surface area (Å²) in [5.41, 5.74) is 3.95. The summed E-state index contributed by atoms with van der Waals surface area (Å²) >= 11 is 7.13. The molecule has 1 N–H and O–H groups in total. The number of halogens is 2. The molecule has 0 spiro atoms. The number of aliphatic imine (C=N–C) groups is 2. The summed E-state index contributed by atoms with van der Waals surface area (Å²) in [5, 5.41) is 3.50. The van der Waals surface area contributed by atoms with Gasteiger partial charge >= 0.3 is 0 Å². The van der Waals surface area contributed by atoms with Gasteiger partial charge in [-0.3, -0.25) is 9.79 Å². The maximum atomic E-state index is 13.3. The van der Waals surface area contributed by atoms with Crippen LogP contribution in [0.15, 0.2) is 82.8 Å². The Balaban J connectivity index is 1.50. The number of thioether (sulfide) groups is 1. The van der Waals surface area contributed by atoms with Gasteiger partial charge in [-0.2, -0.15) is 0 Å². The Morgan fingerprint density at radius 3 is 2.43 bits per heavy atom. The summed E-state index contributed by atoms with van der Waals surface area (Å²) in [6.07, 6.45) is 0.527. The normalized spacial score (nSPS) is 13.0. The van der Waals surface area contributed by atoms with Crippen LogP contribution < -0.4 is 5.32 Å². The molecule has 7 heteroatoms. The van der Waals surface area contributed by atoms with Crippen molar-refractivity contribution in [2.24, 2.45) is 9.98 Å². The van der Waals surface area contributed by atoms with Crippen LogP contribution in [0.2, 0.25) is 5.02 Å². The third-order valence-corrected chi connectivity index (χ3v) is 5.65. The molecule has 0 atom stereocenters. The first-order valence-corrected chi connectivity index (χ1v) is 10.6. The van der Waals surface area contributed by atoms with Gasteiger partial charge in [0.1, 0.15) is 5.82 Å². The van der Waals surface area contributed by atoms with E-state index in [1.54, 1.807) is 0 Å². The summed E-state index contributed by atoms with van der Waals surface area (Å²) in [7, 11) is 0. The molecule has 0 unspecified atom stereocenters. The maximum Gasteiger partial charge on any atom is 0.234 e. The Labute approximate surface area is 182 Å². The number of anilines is 1. The average molecular weight is 438 g/mol. The topological polar surface area (TPSA) is 53.8 Å². The second-order valence-electron chi connectivity index (χ2n) is 6.56. The van der Waals surface area contributed by atoms with E-state index in [9.17, 15) is 9.18 Å². The number of carbonyl (C=O) groups is 1. The molecule has 1 heterocycles. The minimum Gasteiger partial charge on any atom is -0.325 e. The zero-order chi connectivity index (χ0) is 20.9. The van der Waals surface area contributed by atoms with Gasteiger partial charge in [0.25, 0.3) is 0 Å². The van der Waals surface area contributed by atoms with Gasteiger partial charge in [0, 0.05) is 12.1 Å². The molecule has 3 aromatic rings. The SMILES string of the molecule is O=C(CSC1=Nc2ccccc2N=C(c2ccccc2)C1)Nc1ccc(F)c(Cl)c1. The van der Waals surface area contributed by atoms with Crippen LogP contribution in [0.3, 0.4) is 0 Å². The Morgan fingerprint density at radius 2 is 1.70 bits per heavy atom. The van der Waals surface area contributed by atoms with Gasteiger partial charge in [-0.25, -0.2) is 9.38 Å². The maximum absolute atomic E-state index is 13.3. The van der Waals surface area contributed by atoms with Gasteiger partial charge in [0.05, 0.1) is 32.9 Å². The molecular weight excluding hydrogens is 421 g/mol. The number of amides is 1. The fraction of sp³-hybridized carbons (Fsp3) is 0.0870. The predicted octanol–water partition coefficient (Wildman–Crippen LogP) is 6.41. The van der Waals surface area contributed by atoms with E-state index in [0.29, 0.717) is 12.1 Å². The Morgan fingerprint density at radius 1 is 1.00 bits per heavy atom. The lowest BCUT2D eigenvalue weighted by Gasteiger charge is -2.08. The zero-order valence-corrected chi connectivity index (χ0v) is 17.4. The monoisotopic (exact) mass is 437 g/mol. The first kappa shape index (κ1) is 20.3. The third-order valence-electron chi connectivity index (χ3n) is 4.38. The van der Waals surface area contributed by atoms with E-state index in [1.165, 1.54) is 30.0 Å². The first-order valence-electron chi connectivity index (χ1n) is 9.26. The van der Waals surface area contributed by atoms with Crippen molar-refractivity contribution >= 4 is 57.1 Å². The number of hydrogen-bond donors (Lipinski definition) is 1. The molecule has 4 rings (SSSR count). The molecule has 150 valence electrons. The Bertz CT molecular complexity index is 1150. The van der Waals surface area contributed by atoms with Crippen LogP contribution in [0.1, 0.15) is 12.0 Å². The molecule has 30 heavy (non-hydrogen) atoms. The smallest absolute Gasteiger partial charge is 0.234 e. The van der Waals surface area contributed by atoms with Crippen LogP contribution in [-0.4, -0.2) is 22.4 Å². The fourth-order valence-corrected chi connectivity index (χ4v) is 3.91. The van der Waals surface area contributed by atoms with Gasteiger partial charge in [0.15, 0.2) is 0 Å². The number of benzene rings is 3. The van der Waals surface area contributed by atoms with Crippen LogP contribution in [0.4, 0.5) is 21.5 Å². The van der Waals surface area contributed by atoms with Gasteiger partial charge in [-0.15, -0.1) is 11.8 Å². The van der Waals surface area contributed by atoms with Crippen LogP contribution in [0, 0.1) is 5.82 Å². The first-order chi connectivity index (χ1) is 14.6. The van der Waals surface area contributed by atoms with E-state index in [-0.39, 0.29) is 16.7 Å². The second-order valence-corrected chi connectivity index (χ2v) is 8.02. The van der Waals surface area contributed by atoms with Crippen molar-refractivity contribution in [3.05, 3.63) is 89.2 Å². The molecule has 1 aliphatic rings. The highest BCUT2D eigenvalue weighted by Crippen LogP contribution is 2.33. The zero-order valence-electron chi connectivity index (χ0n) is 15.8. The van der Waals surface area contributed by atoms with Crippen LogP contribution in [0.5, 0.6) is 0 Å². The summed E-state index contributed by atoms with van der Waals surface area (Å²) in [6.45, 7) is 0. The van der Waals surface area contributed by atoms with E-state index in [2.05, 4.69) is 5.32 Å². The summed E-state index contributed by atoms with van der Waals surface area (Å²) in [6, 6.07) is 21.7. The third kappa shape index (κ3) is 4.96. The van der Waals surface area contributed by atoms with Crippen molar-refractivity contribution in [2.75, 3.05) is 11.1 Å². The van der Waals surface area contributed by atoms with Crippen molar-refractivity contribution < 1.29 is 9.18 Å². The van der Waals surface area contributed by atoms with Gasteiger partial charge in [-0.05, 0) is 35.9 Å². The Kier molecular flexibility index (Phi) is 6.26. The van der Waals surface area contributed by atoms with E-state index in [1.807, 2.05) is 54.6 Å². The van der Waals surface area contributed by atoms with Crippen LogP contribution in [-0.2, 0) is 4.79 Å². The molecule has 1 aliphatic heterocycles. The molecule has 4 nitrogen and oxygen atoms in total. The molecule has 0 aromatic heterocycles. The highest BCUT2D eigenvalue weighted by Gasteiger charge is 2.16. The summed E-state index contributed by atoms with van der Waals surface area (Å²) in [4.78, 5) is 21.9. The van der Waals surface area contributed by atoms with Crippen molar-refractivity contribution in [3.8, 4) is 0 Å². The minimum atomic E-state index is -0.525. The predicted molar refractivity (Wildman–Crippen MR) is 123 cm³/mol. The molecule has 0 saturated heterocycles. The van der Waals surface area contributed by atoms with E-state index < -0.39 is 5.82 Å². The molecule has 0 aliphatic carbocycles. The lowest BCUT2D eigenvalue weighted by molar-refractivity contribution is -0.113. The van der Waals surface area contributed by atoms with E-state index in [4.69, 9.17) is 21.6 Å². The second kappa shape index (κ2) is 9.24. The highest BCUT2D eigenvalue weighted by molar-refractivity contribution is 8.14. The number of nitrogens with one attached hydrogen (secondary N) is 1. The molecule has 3 aromatic carbocycles. The largest absolute Gasteiger partial charge is 0.325 e. The average Bonchev–Trinajstić information content (AvgIpc) is 2.95. The van der Waals surface area contributed by atoms with Crippen LogP contribution in [0.25, 0.3) is 0 Å². The molecule has 0 radical (unpaired) electrons. The highest BCUT2D eigenvalue weighted by atomic mass is 35.5. The number of para-hydroxylation sites is 2. The van der Waals surface area contributed by atoms with E-state index >= 15 is 0 Å². The molecule has 0 saturated carbocycles. The standard InChI is InChI=1S/C23H17ClFN3OS/c24-17-12-16(10-11-18(17)25)26-22(29)14-30-23-13-21(15-6-2-1-3-7-15)27-19-8-4-5-9-20(19)28-23/h1-12H,13-14H2,(H,26,29). The number of rotatable bonds is 4. The van der Waals surface area contributed by atoms with Crippen molar-refractivity contribution in [3.63, 3.8) is 0 Å². The molecule has 0 fully saturated rings. The van der Waals surface area contributed by atoms with Crippen molar-refractivity contribution in [1.29, 1.82) is 0 Å². The minimum absolute atomic E-state index is 0.0334. The lowest BCUT2D eigenvalue weighted by Crippen LogP contribution is -2.16. The van der Waals surface area contributed by atoms with Crippen molar-refractivity contribution in [2.45, 2.75) is 6.42 Å². The van der Waals surface area contributed by atoms with Crippen LogP contribution >= 0.6 is 23.4 Å². The van der Waals surface area contributed by atoms with Gasteiger partial charge in [-0.1, -0.05) is 54.1 Å². The van der Waals surface area contributed by atoms with E-state index in [0.717, 1.165) is 27.7 Å². The summed E-state index contributed by atoms with van der Waals surface area (Å²) < 4.78 is 13.3. The number of carbonyl (C=O) groups excluding carboxylic acids is 1. The number of nitrogens with zero attached hydrogens (tertiary/aromatic N) is 2. The number of fused-ring (bicyclic) bond motifs is 1. The Hall–Kier alpha value is -2.96. The molecule has 0 bridgehead atoms. The number of hydrogen-bond acceptors (Lipinski definition) is 4. The summed E-state index contributed by atoms with van der Waals surface area (Å²) in [5.74, 6) is -0.581. The van der Waals surface area contributed by atoms with Crippen molar-refractivity contribution in [1.82, 2.24) is 0 Å².